The first-order valence-corrected chi connectivity index (χ1v) is 6.11. The maximum Gasteiger partial charge on any atom is 0.231 e. The third kappa shape index (κ3) is 2.47. The van der Waals surface area contributed by atoms with E-state index in [0.717, 1.165) is 22.7 Å². The fraction of sp³-hybridized carbons (Fsp3) is 0.200. The number of ether oxygens (including phenoxy) is 2. The molecule has 0 atom stereocenters. The molecule has 0 aromatic heterocycles. The molecular weight excluding hydrogens is 245 g/mol. The van der Waals surface area contributed by atoms with Crippen LogP contribution in [-0.4, -0.2) is 6.79 Å². The number of nitrogens with one attached hydrogen (secondary N) is 1. The fourth-order valence-corrected chi connectivity index (χ4v) is 2.01. The molecule has 1 aliphatic heterocycles. The van der Waals surface area contributed by atoms with E-state index in [-0.39, 0.29) is 12.6 Å². The van der Waals surface area contributed by atoms with Gasteiger partial charge in [-0.25, -0.2) is 4.39 Å². The molecule has 0 unspecified atom stereocenters. The second-order valence-electron chi connectivity index (χ2n) is 4.51. The number of benzene rings is 2. The summed E-state index contributed by atoms with van der Waals surface area (Å²) in [5.41, 5.74) is 2.62. The summed E-state index contributed by atoms with van der Waals surface area (Å²) in [4.78, 5) is 0. The van der Waals surface area contributed by atoms with E-state index in [2.05, 4.69) is 5.32 Å². The van der Waals surface area contributed by atoms with Crippen LogP contribution < -0.4 is 14.8 Å². The van der Waals surface area contributed by atoms with Crippen LogP contribution in [0, 0.1) is 12.7 Å². The molecule has 19 heavy (non-hydrogen) atoms. The molecule has 2 aromatic rings. The van der Waals surface area contributed by atoms with Gasteiger partial charge in [0, 0.05) is 12.2 Å². The third-order valence-corrected chi connectivity index (χ3v) is 3.09. The molecule has 3 rings (SSSR count). The van der Waals surface area contributed by atoms with Crippen molar-refractivity contribution in [2.45, 2.75) is 13.5 Å². The molecule has 2 aromatic carbocycles. The molecule has 0 spiro atoms. The Morgan fingerprint density at radius 3 is 2.79 bits per heavy atom. The minimum atomic E-state index is -0.186. The lowest BCUT2D eigenvalue weighted by atomic mass is 10.1. The Morgan fingerprint density at radius 1 is 1.11 bits per heavy atom. The van der Waals surface area contributed by atoms with E-state index in [4.69, 9.17) is 9.47 Å². The third-order valence-electron chi connectivity index (χ3n) is 3.09. The average Bonchev–Trinajstić information content (AvgIpc) is 2.87. The number of anilines is 1. The highest BCUT2D eigenvalue weighted by Gasteiger charge is 2.12. The van der Waals surface area contributed by atoms with E-state index in [1.807, 2.05) is 18.2 Å². The standard InChI is InChI=1S/C15H14FNO2/c1-10-6-12(3-4-13(10)16)17-8-11-2-5-14-15(7-11)19-9-18-14/h2-7,17H,8-9H2,1H3. The van der Waals surface area contributed by atoms with Crippen LogP contribution in [0.1, 0.15) is 11.1 Å². The van der Waals surface area contributed by atoms with Crippen LogP contribution in [0.25, 0.3) is 0 Å². The fourth-order valence-electron chi connectivity index (χ4n) is 2.01. The molecule has 0 saturated carbocycles. The van der Waals surface area contributed by atoms with E-state index < -0.39 is 0 Å². The Morgan fingerprint density at radius 2 is 1.95 bits per heavy atom. The van der Waals surface area contributed by atoms with Crippen molar-refractivity contribution in [3.8, 4) is 11.5 Å². The Kier molecular flexibility index (Phi) is 2.99. The van der Waals surface area contributed by atoms with Gasteiger partial charge in [-0.3, -0.25) is 0 Å². The number of fused-ring (bicyclic) bond motifs is 1. The number of aryl methyl sites for hydroxylation is 1. The Balaban J connectivity index is 1.70. The average molecular weight is 259 g/mol. The van der Waals surface area contributed by atoms with Gasteiger partial charge in [0.25, 0.3) is 0 Å². The van der Waals surface area contributed by atoms with Crippen molar-refractivity contribution in [2.75, 3.05) is 12.1 Å². The molecule has 0 fully saturated rings. The van der Waals surface area contributed by atoms with Crippen molar-refractivity contribution < 1.29 is 13.9 Å². The van der Waals surface area contributed by atoms with E-state index in [1.165, 1.54) is 6.07 Å². The van der Waals surface area contributed by atoms with Gasteiger partial charge in [0.15, 0.2) is 11.5 Å². The highest BCUT2D eigenvalue weighted by molar-refractivity contribution is 5.48. The molecule has 4 heteroatoms. The first kappa shape index (κ1) is 11.8. The molecule has 0 radical (unpaired) electrons. The van der Waals surface area contributed by atoms with Crippen molar-refractivity contribution in [1.82, 2.24) is 0 Å². The van der Waals surface area contributed by atoms with Crippen molar-refractivity contribution >= 4 is 5.69 Å². The van der Waals surface area contributed by atoms with Crippen LogP contribution in [-0.2, 0) is 6.54 Å². The van der Waals surface area contributed by atoms with E-state index in [9.17, 15) is 4.39 Å². The summed E-state index contributed by atoms with van der Waals surface area (Å²) >= 11 is 0. The molecular formula is C15H14FNO2. The summed E-state index contributed by atoms with van der Waals surface area (Å²) < 4.78 is 23.7. The molecule has 0 aliphatic carbocycles. The first-order chi connectivity index (χ1) is 9.22. The van der Waals surface area contributed by atoms with Crippen LogP contribution in [0.3, 0.4) is 0 Å². The summed E-state index contributed by atoms with van der Waals surface area (Å²) in [6.07, 6.45) is 0. The Bertz CT molecular complexity index is 613. The highest BCUT2D eigenvalue weighted by Crippen LogP contribution is 2.32. The molecule has 0 amide bonds. The van der Waals surface area contributed by atoms with Gasteiger partial charge in [0.1, 0.15) is 5.82 Å². The van der Waals surface area contributed by atoms with Crippen LogP contribution >= 0.6 is 0 Å². The summed E-state index contributed by atoms with van der Waals surface area (Å²) in [6.45, 7) is 2.69. The molecule has 1 heterocycles. The van der Waals surface area contributed by atoms with E-state index in [1.54, 1.807) is 19.1 Å². The number of rotatable bonds is 3. The van der Waals surface area contributed by atoms with Gasteiger partial charge < -0.3 is 14.8 Å². The lowest BCUT2D eigenvalue weighted by Gasteiger charge is -2.08. The number of hydrogen-bond donors (Lipinski definition) is 1. The van der Waals surface area contributed by atoms with Gasteiger partial charge >= 0.3 is 0 Å². The van der Waals surface area contributed by atoms with Gasteiger partial charge in [0.05, 0.1) is 0 Å². The Labute approximate surface area is 111 Å². The largest absolute Gasteiger partial charge is 0.454 e. The summed E-state index contributed by atoms with van der Waals surface area (Å²) in [6, 6.07) is 10.8. The second-order valence-corrected chi connectivity index (χ2v) is 4.51. The van der Waals surface area contributed by atoms with Crippen molar-refractivity contribution in [1.29, 1.82) is 0 Å². The highest BCUT2D eigenvalue weighted by atomic mass is 19.1. The zero-order valence-electron chi connectivity index (χ0n) is 10.6. The SMILES string of the molecule is Cc1cc(NCc2ccc3c(c2)OCO3)ccc1F. The van der Waals surface area contributed by atoms with Gasteiger partial charge in [-0.05, 0) is 48.4 Å². The summed E-state index contributed by atoms with van der Waals surface area (Å²) in [7, 11) is 0. The number of halogens is 1. The van der Waals surface area contributed by atoms with E-state index in [0.29, 0.717) is 12.1 Å². The predicted molar refractivity (Wildman–Crippen MR) is 71.0 cm³/mol. The van der Waals surface area contributed by atoms with Crippen molar-refractivity contribution in [3.63, 3.8) is 0 Å². The molecule has 0 bridgehead atoms. The van der Waals surface area contributed by atoms with Crippen LogP contribution in [0.5, 0.6) is 11.5 Å². The smallest absolute Gasteiger partial charge is 0.231 e. The quantitative estimate of drug-likeness (QED) is 0.915. The molecule has 0 saturated heterocycles. The minimum Gasteiger partial charge on any atom is -0.454 e. The lowest BCUT2D eigenvalue weighted by molar-refractivity contribution is 0.174. The molecule has 3 nitrogen and oxygen atoms in total. The summed E-state index contributed by atoms with van der Waals surface area (Å²) in [5.74, 6) is 1.37. The zero-order valence-corrected chi connectivity index (χ0v) is 10.6. The number of hydrogen-bond acceptors (Lipinski definition) is 3. The molecule has 98 valence electrons. The maximum atomic E-state index is 13.2. The monoisotopic (exact) mass is 259 g/mol. The molecule has 1 N–H and O–H groups in total. The minimum absolute atomic E-state index is 0.186. The summed E-state index contributed by atoms with van der Waals surface area (Å²) in [5, 5.41) is 3.26. The van der Waals surface area contributed by atoms with Gasteiger partial charge in [-0.1, -0.05) is 6.07 Å². The zero-order chi connectivity index (χ0) is 13.2. The van der Waals surface area contributed by atoms with Crippen LogP contribution in [0.15, 0.2) is 36.4 Å². The van der Waals surface area contributed by atoms with Crippen LogP contribution in [0.2, 0.25) is 0 Å². The lowest BCUT2D eigenvalue weighted by Crippen LogP contribution is -2.00. The molecule has 1 aliphatic rings. The van der Waals surface area contributed by atoms with Gasteiger partial charge in [0.2, 0.25) is 6.79 Å². The van der Waals surface area contributed by atoms with Gasteiger partial charge in [-0.15, -0.1) is 0 Å². The Hall–Kier alpha value is -2.23. The van der Waals surface area contributed by atoms with Crippen molar-refractivity contribution in [3.05, 3.63) is 53.3 Å². The normalized spacial score (nSPS) is 12.5. The maximum absolute atomic E-state index is 13.2. The van der Waals surface area contributed by atoms with Crippen LogP contribution in [0.4, 0.5) is 10.1 Å². The van der Waals surface area contributed by atoms with Crippen molar-refractivity contribution in [2.24, 2.45) is 0 Å². The topological polar surface area (TPSA) is 30.5 Å². The second kappa shape index (κ2) is 4.80. The first-order valence-electron chi connectivity index (χ1n) is 6.11. The van der Waals surface area contributed by atoms with E-state index >= 15 is 0 Å². The predicted octanol–water partition coefficient (Wildman–Crippen LogP) is 3.47. The van der Waals surface area contributed by atoms with Gasteiger partial charge in [-0.2, -0.15) is 0 Å².